The lowest BCUT2D eigenvalue weighted by molar-refractivity contribution is 0.0735. The summed E-state index contributed by atoms with van der Waals surface area (Å²) in [6, 6.07) is 0. The molecule has 3 saturated carbocycles. The maximum Gasteiger partial charge on any atom is 0.192 e. The first kappa shape index (κ1) is 34.1. The monoisotopic (exact) mass is 586 g/mol. The molecule has 0 N–H and O–H groups in total. The fourth-order valence-corrected chi connectivity index (χ4v) is 11.4. The summed E-state index contributed by atoms with van der Waals surface area (Å²) >= 11 is 0. The van der Waals surface area contributed by atoms with Crippen molar-refractivity contribution in [2.75, 3.05) is 0 Å². The molecule has 0 bridgehead atoms. The van der Waals surface area contributed by atoms with Gasteiger partial charge in [0.1, 0.15) is 0 Å². The van der Waals surface area contributed by atoms with Crippen LogP contribution in [0.3, 0.4) is 0 Å². The van der Waals surface area contributed by atoms with E-state index in [0.29, 0.717) is 11.5 Å². The van der Waals surface area contributed by atoms with Crippen molar-refractivity contribution >= 4 is 16.6 Å². The topological polar surface area (TPSA) is 18.5 Å². The number of fused-ring (bicyclic) bond motifs is 1. The van der Waals surface area contributed by atoms with Crippen molar-refractivity contribution in [3.8, 4) is 0 Å². The maximum absolute atomic E-state index is 6.85. The standard InChI is InChI=1S/C36H66O2Si2/c1-27-18-21-31(37-40(12,13)34(3,4)5)26-30(27)20-19-29-17-15-25-36(8)32(22-23-33(29)36)28(2)16-14-24-35(6,7)38-39(9,10)11/h19-20,28,31-33H,1,14-18,21-26H2,2-13H3/t28-,31-,32+,33-,36+/m0/s1. The summed E-state index contributed by atoms with van der Waals surface area (Å²) in [7, 11) is -3.26. The van der Waals surface area contributed by atoms with Crippen LogP contribution in [0.2, 0.25) is 37.8 Å². The molecular formula is C36H66O2Si2. The Morgan fingerprint density at radius 1 is 1.00 bits per heavy atom. The van der Waals surface area contributed by atoms with E-state index < -0.39 is 16.6 Å². The molecule has 3 fully saturated rings. The Labute approximate surface area is 252 Å². The second kappa shape index (κ2) is 12.7. The molecule has 0 aromatic heterocycles. The molecule has 0 amide bonds. The van der Waals surface area contributed by atoms with E-state index >= 15 is 0 Å². The van der Waals surface area contributed by atoms with Gasteiger partial charge in [0.05, 0.1) is 5.60 Å². The Morgan fingerprint density at radius 3 is 2.30 bits per heavy atom. The Kier molecular flexibility index (Phi) is 10.8. The summed E-state index contributed by atoms with van der Waals surface area (Å²) in [5.74, 6) is 2.40. The first-order valence-corrected chi connectivity index (χ1v) is 23.0. The van der Waals surface area contributed by atoms with Crippen LogP contribution in [0.25, 0.3) is 0 Å². The highest BCUT2D eigenvalue weighted by atomic mass is 28.4. The molecule has 3 rings (SSSR count). The highest BCUT2D eigenvalue weighted by Gasteiger charge is 2.50. The highest BCUT2D eigenvalue weighted by Crippen LogP contribution is 2.60. The van der Waals surface area contributed by atoms with E-state index in [1.54, 1.807) is 5.57 Å². The third-order valence-corrected chi connectivity index (χ3v) is 16.9. The van der Waals surface area contributed by atoms with Crippen molar-refractivity contribution in [3.63, 3.8) is 0 Å². The van der Waals surface area contributed by atoms with Gasteiger partial charge in [-0.3, -0.25) is 0 Å². The number of hydrogen-bond acceptors (Lipinski definition) is 2. The molecule has 0 aliphatic heterocycles. The zero-order chi connectivity index (χ0) is 30.1. The van der Waals surface area contributed by atoms with Gasteiger partial charge in [-0.05, 0) is 138 Å². The largest absolute Gasteiger partial charge is 0.414 e. The smallest absolute Gasteiger partial charge is 0.192 e. The van der Waals surface area contributed by atoms with Crippen LogP contribution in [0.15, 0.2) is 35.5 Å². The molecule has 0 aromatic carbocycles. The number of rotatable bonds is 10. The van der Waals surface area contributed by atoms with E-state index in [1.165, 1.54) is 62.5 Å². The van der Waals surface area contributed by atoms with Crippen molar-refractivity contribution in [1.29, 1.82) is 0 Å². The van der Waals surface area contributed by atoms with E-state index in [0.717, 1.165) is 37.0 Å². The molecule has 4 heteroatoms. The second-order valence-electron chi connectivity index (χ2n) is 17.2. The van der Waals surface area contributed by atoms with Gasteiger partial charge >= 0.3 is 0 Å². The molecule has 0 saturated heterocycles. The van der Waals surface area contributed by atoms with Gasteiger partial charge in [-0.15, -0.1) is 0 Å². The first-order valence-electron chi connectivity index (χ1n) is 16.7. The van der Waals surface area contributed by atoms with Crippen LogP contribution in [0.5, 0.6) is 0 Å². The van der Waals surface area contributed by atoms with Crippen LogP contribution in [0, 0.1) is 23.2 Å². The van der Waals surface area contributed by atoms with Crippen molar-refractivity contribution in [2.24, 2.45) is 23.2 Å². The lowest BCUT2D eigenvalue weighted by Crippen LogP contribution is -2.44. The molecule has 0 unspecified atom stereocenters. The highest BCUT2D eigenvalue weighted by molar-refractivity contribution is 6.74. The van der Waals surface area contributed by atoms with Crippen molar-refractivity contribution in [2.45, 2.75) is 169 Å². The minimum Gasteiger partial charge on any atom is -0.414 e. The zero-order valence-corrected chi connectivity index (χ0v) is 30.8. The van der Waals surface area contributed by atoms with Gasteiger partial charge in [-0.25, -0.2) is 0 Å². The van der Waals surface area contributed by atoms with Crippen molar-refractivity contribution in [1.82, 2.24) is 0 Å². The van der Waals surface area contributed by atoms with E-state index in [-0.39, 0.29) is 10.6 Å². The quantitative estimate of drug-likeness (QED) is 0.237. The van der Waals surface area contributed by atoms with E-state index in [9.17, 15) is 0 Å². The summed E-state index contributed by atoms with van der Waals surface area (Å²) in [5.41, 5.74) is 4.98. The van der Waals surface area contributed by atoms with Gasteiger partial charge in [-0.1, -0.05) is 77.3 Å². The van der Waals surface area contributed by atoms with E-state index in [2.05, 4.69) is 99.9 Å². The Balaban J connectivity index is 1.65. The van der Waals surface area contributed by atoms with Crippen LogP contribution in [-0.4, -0.2) is 28.3 Å². The molecule has 5 atom stereocenters. The van der Waals surface area contributed by atoms with E-state index in [4.69, 9.17) is 8.85 Å². The average molecular weight is 587 g/mol. The summed E-state index contributed by atoms with van der Waals surface area (Å²) in [6.07, 6.45) is 19.2. The third kappa shape index (κ3) is 8.57. The third-order valence-electron chi connectivity index (χ3n) is 11.2. The van der Waals surface area contributed by atoms with Crippen LogP contribution in [-0.2, 0) is 8.85 Å². The summed E-state index contributed by atoms with van der Waals surface area (Å²) in [5, 5.41) is 0.258. The number of allylic oxidation sites excluding steroid dienone is 4. The Bertz CT molecular complexity index is 945. The summed E-state index contributed by atoms with van der Waals surface area (Å²) in [6.45, 7) is 33.0. The molecule has 0 radical (unpaired) electrons. The molecule has 0 heterocycles. The minimum atomic E-state index is -1.75. The minimum absolute atomic E-state index is 0.0123. The van der Waals surface area contributed by atoms with E-state index in [1.807, 2.05) is 0 Å². The van der Waals surface area contributed by atoms with Crippen LogP contribution in [0.1, 0.15) is 119 Å². The normalized spacial score (nSPS) is 31.6. The lowest BCUT2D eigenvalue weighted by Gasteiger charge is -2.44. The van der Waals surface area contributed by atoms with Crippen LogP contribution in [0.4, 0.5) is 0 Å². The maximum atomic E-state index is 6.85. The van der Waals surface area contributed by atoms with Gasteiger partial charge < -0.3 is 8.85 Å². The molecule has 0 aromatic rings. The zero-order valence-electron chi connectivity index (χ0n) is 28.8. The Morgan fingerprint density at radius 2 is 1.68 bits per heavy atom. The fraction of sp³-hybridized carbons (Fsp3) is 0.833. The predicted octanol–water partition coefficient (Wildman–Crippen LogP) is 11.6. The summed E-state index contributed by atoms with van der Waals surface area (Å²) in [4.78, 5) is 0. The summed E-state index contributed by atoms with van der Waals surface area (Å²) < 4.78 is 13.3. The lowest BCUT2D eigenvalue weighted by atomic mass is 9.60. The predicted molar refractivity (Wildman–Crippen MR) is 181 cm³/mol. The average Bonchev–Trinajstić information content (AvgIpc) is 3.14. The number of hydrogen-bond donors (Lipinski definition) is 0. The van der Waals surface area contributed by atoms with Gasteiger partial charge in [0.15, 0.2) is 16.6 Å². The van der Waals surface area contributed by atoms with Crippen molar-refractivity contribution in [3.05, 3.63) is 35.5 Å². The Hall–Kier alpha value is -0.426. The second-order valence-corrected chi connectivity index (χ2v) is 26.4. The first-order chi connectivity index (χ1) is 18.2. The molecule has 3 aliphatic rings. The van der Waals surface area contributed by atoms with Crippen molar-refractivity contribution < 1.29 is 8.85 Å². The molecule has 0 spiro atoms. The molecule has 230 valence electrons. The van der Waals surface area contributed by atoms with Gasteiger partial charge in [0, 0.05) is 6.10 Å². The van der Waals surface area contributed by atoms with Gasteiger partial charge in [0.25, 0.3) is 0 Å². The van der Waals surface area contributed by atoms with Crippen LogP contribution < -0.4 is 0 Å². The molecular weight excluding hydrogens is 521 g/mol. The molecule has 2 nitrogen and oxygen atoms in total. The van der Waals surface area contributed by atoms with Gasteiger partial charge in [-0.2, -0.15) is 0 Å². The fourth-order valence-electron chi connectivity index (χ4n) is 8.22. The molecule has 3 aliphatic carbocycles. The van der Waals surface area contributed by atoms with Gasteiger partial charge in [0.2, 0.25) is 0 Å². The van der Waals surface area contributed by atoms with Crippen LogP contribution >= 0.6 is 0 Å². The SMILES string of the molecule is C=C1CC[C@H](O[Si](C)(C)C(C)(C)C)CC1=CC=C1CCC[C@]2(C)[C@@H]([C@@H](C)CCCC(C)(C)O[Si](C)(C)C)CC[C@@H]12. The molecule has 40 heavy (non-hydrogen) atoms.